The molecule has 4 aromatic rings. The molecular weight excluding hydrogens is 424 g/mol. The summed E-state index contributed by atoms with van der Waals surface area (Å²) in [6.45, 7) is 0. The Labute approximate surface area is 191 Å². The van der Waals surface area contributed by atoms with Crippen LogP contribution in [0, 0.1) is 5.92 Å². The molecule has 0 fully saturated rings. The maximum Gasteiger partial charge on any atom is 0.200 e. The van der Waals surface area contributed by atoms with Gasteiger partial charge >= 0.3 is 0 Å². The number of rotatable bonds is 8. The van der Waals surface area contributed by atoms with Crippen molar-refractivity contribution in [2.75, 3.05) is 0 Å². The molecule has 0 aliphatic heterocycles. The second-order valence-corrected chi connectivity index (χ2v) is 8.47. The molecule has 1 N–H and O–H groups in total. The van der Waals surface area contributed by atoms with Crippen molar-refractivity contribution in [3.05, 3.63) is 102 Å². The van der Waals surface area contributed by atoms with Crippen LogP contribution in [-0.2, 0) is 27.8 Å². The largest absolute Gasteiger partial charge is 0.341 e. The number of fused-ring (bicyclic) bond motifs is 1. The van der Waals surface area contributed by atoms with Crippen LogP contribution in [0.15, 0.2) is 84.9 Å². The summed E-state index contributed by atoms with van der Waals surface area (Å²) in [6, 6.07) is 26.8. The number of imidazole rings is 1. The number of hydrogen-bond acceptors (Lipinski definition) is 3. The number of carbonyl (C=O) groups excluding carboxylic acids is 2. The SMILES string of the molecule is O=C(S)C(Cc1ccccc1)C(Cc1ccccc1)(C(=O)S)c1nc2ccccc2[nH]1. The molecule has 0 bridgehead atoms. The normalized spacial score (nSPS) is 14.1. The number of nitrogens with zero attached hydrogens (tertiary/aromatic N) is 1. The van der Waals surface area contributed by atoms with E-state index in [2.05, 4.69) is 30.2 Å². The van der Waals surface area contributed by atoms with E-state index in [1.165, 1.54) is 0 Å². The van der Waals surface area contributed by atoms with Gasteiger partial charge in [-0.25, -0.2) is 4.98 Å². The van der Waals surface area contributed by atoms with Gasteiger partial charge in [-0.1, -0.05) is 72.8 Å². The van der Waals surface area contributed by atoms with Gasteiger partial charge in [0.25, 0.3) is 0 Å². The number of para-hydroxylation sites is 2. The first-order valence-electron chi connectivity index (χ1n) is 10.00. The molecule has 2 unspecified atom stereocenters. The zero-order valence-electron chi connectivity index (χ0n) is 16.7. The minimum atomic E-state index is -1.31. The van der Waals surface area contributed by atoms with Gasteiger partial charge in [-0.15, -0.1) is 25.3 Å². The van der Waals surface area contributed by atoms with Crippen LogP contribution in [0.3, 0.4) is 0 Å². The Morgan fingerprint density at radius 3 is 2.00 bits per heavy atom. The van der Waals surface area contributed by atoms with Gasteiger partial charge in [-0.2, -0.15) is 0 Å². The molecule has 0 spiro atoms. The number of aromatic amines is 1. The molecule has 2 atom stereocenters. The topological polar surface area (TPSA) is 62.8 Å². The highest BCUT2D eigenvalue weighted by atomic mass is 32.1. The van der Waals surface area contributed by atoms with E-state index in [-0.39, 0.29) is 11.5 Å². The fourth-order valence-electron chi connectivity index (χ4n) is 4.10. The zero-order valence-corrected chi connectivity index (χ0v) is 18.5. The third-order valence-corrected chi connectivity index (χ3v) is 6.41. The predicted octanol–water partition coefficient (Wildman–Crippen LogP) is 4.82. The van der Waals surface area contributed by atoms with E-state index in [0.717, 1.165) is 22.2 Å². The summed E-state index contributed by atoms with van der Waals surface area (Å²) in [5, 5.41) is -0.790. The number of thiol groups is 2. The summed E-state index contributed by atoms with van der Waals surface area (Å²) in [5.41, 5.74) is 2.08. The first kappa shape index (κ1) is 21.4. The van der Waals surface area contributed by atoms with E-state index >= 15 is 0 Å². The molecule has 0 radical (unpaired) electrons. The Balaban J connectivity index is 1.92. The molecule has 0 aliphatic rings. The van der Waals surface area contributed by atoms with E-state index in [1.807, 2.05) is 84.9 Å². The monoisotopic (exact) mass is 446 g/mol. The lowest BCUT2D eigenvalue weighted by atomic mass is 9.69. The van der Waals surface area contributed by atoms with Gasteiger partial charge in [0.1, 0.15) is 11.2 Å². The van der Waals surface area contributed by atoms with Crippen molar-refractivity contribution in [1.29, 1.82) is 0 Å². The third kappa shape index (κ3) is 4.31. The van der Waals surface area contributed by atoms with Crippen molar-refractivity contribution >= 4 is 46.5 Å². The van der Waals surface area contributed by atoms with E-state index in [9.17, 15) is 9.59 Å². The highest BCUT2D eigenvalue weighted by Crippen LogP contribution is 2.40. The molecule has 0 amide bonds. The standard InChI is InChI=1S/C25H22N2O2S2/c28-22(30)19(15-17-9-3-1-4-10-17)25(24(29)31,16-18-11-5-2-6-12-18)23-26-20-13-7-8-14-21(20)27-23/h1-14,19H,15-16H2,(H,26,27)(H,28,30)(H,29,31). The fourth-order valence-corrected chi connectivity index (χ4v) is 4.75. The van der Waals surface area contributed by atoms with Crippen LogP contribution in [-0.4, -0.2) is 20.2 Å². The molecule has 0 aliphatic carbocycles. The van der Waals surface area contributed by atoms with Crippen LogP contribution < -0.4 is 0 Å². The van der Waals surface area contributed by atoms with Crippen LogP contribution in [0.2, 0.25) is 0 Å². The van der Waals surface area contributed by atoms with E-state index in [4.69, 9.17) is 4.98 Å². The van der Waals surface area contributed by atoms with E-state index in [1.54, 1.807) is 0 Å². The van der Waals surface area contributed by atoms with Gasteiger partial charge in [0.05, 0.1) is 17.0 Å². The Morgan fingerprint density at radius 1 is 0.839 bits per heavy atom. The molecule has 31 heavy (non-hydrogen) atoms. The Hall–Kier alpha value is -2.83. The summed E-state index contributed by atoms with van der Waals surface area (Å²) >= 11 is 8.54. The van der Waals surface area contributed by atoms with Crippen molar-refractivity contribution in [2.45, 2.75) is 18.3 Å². The summed E-state index contributed by atoms with van der Waals surface area (Å²) in [6.07, 6.45) is 0.624. The number of carbonyl (C=O) groups is 2. The van der Waals surface area contributed by atoms with Crippen LogP contribution in [0.1, 0.15) is 17.0 Å². The van der Waals surface area contributed by atoms with Gasteiger partial charge in [-0.05, 0) is 36.1 Å². The van der Waals surface area contributed by atoms with Crippen molar-refractivity contribution in [2.24, 2.45) is 5.92 Å². The molecule has 1 aromatic heterocycles. The molecule has 6 heteroatoms. The molecule has 3 aromatic carbocycles. The first-order valence-corrected chi connectivity index (χ1v) is 10.9. The second-order valence-electron chi connectivity index (χ2n) is 7.62. The lowest BCUT2D eigenvalue weighted by Crippen LogP contribution is -2.47. The third-order valence-electron chi connectivity index (χ3n) is 5.69. The molecule has 0 saturated heterocycles. The Morgan fingerprint density at radius 2 is 1.42 bits per heavy atom. The molecule has 1 heterocycles. The molecular formula is C25H22N2O2S2. The smallest absolute Gasteiger partial charge is 0.200 e. The lowest BCUT2D eigenvalue weighted by Gasteiger charge is -2.35. The van der Waals surface area contributed by atoms with Gasteiger partial charge in [0.2, 0.25) is 5.12 Å². The van der Waals surface area contributed by atoms with Gasteiger partial charge in [0, 0.05) is 0 Å². The fraction of sp³-hybridized carbons (Fsp3) is 0.160. The van der Waals surface area contributed by atoms with Crippen LogP contribution in [0.4, 0.5) is 0 Å². The molecule has 0 saturated carbocycles. The van der Waals surface area contributed by atoms with Gasteiger partial charge < -0.3 is 4.98 Å². The Kier molecular flexibility index (Phi) is 6.30. The maximum absolute atomic E-state index is 13.3. The average molecular weight is 447 g/mol. The minimum absolute atomic E-state index is 0.278. The quantitative estimate of drug-likeness (QED) is 0.340. The average Bonchev–Trinajstić information content (AvgIpc) is 3.22. The molecule has 156 valence electrons. The Bertz CT molecular complexity index is 1170. The van der Waals surface area contributed by atoms with E-state index in [0.29, 0.717) is 12.2 Å². The number of H-pyrrole nitrogens is 1. The zero-order chi connectivity index (χ0) is 21.8. The maximum atomic E-state index is 13.3. The number of benzene rings is 3. The number of nitrogens with one attached hydrogen (secondary N) is 1. The van der Waals surface area contributed by atoms with Crippen molar-refractivity contribution in [3.8, 4) is 0 Å². The van der Waals surface area contributed by atoms with Crippen LogP contribution >= 0.6 is 25.3 Å². The van der Waals surface area contributed by atoms with Gasteiger partial charge in [-0.3, -0.25) is 9.59 Å². The summed E-state index contributed by atoms with van der Waals surface area (Å²) in [5.74, 6) is -0.329. The second kappa shape index (κ2) is 9.12. The van der Waals surface area contributed by atoms with Gasteiger partial charge in [0.15, 0.2) is 5.12 Å². The highest BCUT2D eigenvalue weighted by molar-refractivity contribution is 7.97. The van der Waals surface area contributed by atoms with Crippen molar-refractivity contribution in [1.82, 2.24) is 9.97 Å². The molecule has 4 nitrogen and oxygen atoms in total. The number of hydrogen-bond donors (Lipinski definition) is 3. The first-order chi connectivity index (χ1) is 15.0. The number of aromatic nitrogens is 2. The summed E-state index contributed by atoms with van der Waals surface area (Å²) in [4.78, 5) is 34.2. The van der Waals surface area contributed by atoms with Crippen LogP contribution in [0.25, 0.3) is 11.0 Å². The predicted molar refractivity (Wildman–Crippen MR) is 130 cm³/mol. The summed E-state index contributed by atoms with van der Waals surface area (Å²) in [7, 11) is 0. The van der Waals surface area contributed by atoms with E-state index < -0.39 is 16.4 Å². The van der Waals surface area contributed by atoms with Crippen molar-refractivity contribution in [3.63, 3.8) is 0 Å². The summed E-state index contributed by atoms with van der Waals surface area (Å²) < 4.78 is 0. The van der Waals surface area contributed by atoms with Crippen LogP contribution in [0.5, 0.6) is 0 Å². The van der Waals surface area contributed by atoms with Crippen molar-refractivity contribution < 1.29 is 9.59 Å². The highest BCUT2D eigenvalue weighted by Gasteiger charge is 2.50. The minimum Gasteiger partial charge on any atom is -0.341 e. The molecule has 4 rings (SSSR count). The lowest BCUT2D eigenvalue weighted by molar-refractivity contribution is -0.125.